The number of nitrogens with zero attached hydrogens (tertiary/aromatic N) is 8. The molecule has 0 saturated carbocycles. The van der Waals surface area contributed by atoms with Crippen molar-refractivity contribution in [1.29, 1.82) is 0 Å². The number of aromatic nitrogens is 8. The summed E-state index contributed by atoms with van der Waals surface area (Å²) in [7, 11) is 1.44. The first-order valence-electron chi connectivity index (χ1n) is 23.1. The van der Waals surface area contributed by atoms with Crippen LogP contribution >= 0.6 is 45.3 Å². The minimum absolute atomic E-state index is 0. The number of hydrogen-bond donors (Lipinski definition) is 3. The van der Waals surface area contributed by atoms with Gasteiger partial charge in [-0.2, -0.15) is 0 Å². The van der Waals surface area contributed by atoms with Gasteiger partial charge in [0.2, 0.25) is 6.23 Å². The number of carboxylic acids is 1. The predicted octanol–water partition coefficient (Wildman–Crippen LogP) is 6.79. The second kappa shape index (κ2) is 34.5. The van der Waals surface area contributed by atoms with Crippen molar-refractivity contribution in [3.05, 3.63) is 183 Å². The Morgan fingerprint density at radius 3 is 1.39 bits per heavy atom. The second-order valence-corrected chi connectivity index (χ2v) is 19.2. The molecule has 10 rings (SSSR count). The molecule has 26 heteroatoms. The zero-order chi connectivity index (χ0) is 54.9. The molecular weight excluding hydrogens is 1100 g/mol. The van der Waals surface area contributed by atoms with E-state index in [1.165, 1.54) is 88.2 Å². The van der Waals surface area contributed by atoms with Crippen LogP contribution in [0.15, 0.2) is 171 Å². The van der Waals surface area contributed by atoms with E-state index in [4.69, 9.17) is 29.8 Å². The van der Waals surface area contributed by atoms with Crippen molar-refractivity contribution in [2.75, 3.05) is 31.4 Å². The first-order chi connectivity index (χ1) is 37.4. The van der Waals surface area contributed by atoms with Crippen LogP contribution in [-0.4, -0.2) is 112 Å². The molecule has 0 aliphatic heterocycles. The number of ketones is 1. The number of benzene rings is 4. The van der Waals surface area contributed by atoms with Crippen LogP contribution < -0.4 is 29.9 Å². The summed E-state index contributed by atoms with van der Waals surface area (Å²) in [6, 6.07) is 39.8. The molecule has 0 saturated heterocycles. The first-order valence-corrected chi connectivity index (χ1v) is 26.4. The maximum absolute atomic E-state index is 11.9. The molecule has 0 bridgehead atoms. The van der Waals surface area contributed by atoms with Crippen molar-refractivity contribution in [2.24, 2.45) is 0 Å². The van der Waals surface area contributed by atoms with Gasteiger partial charge in [0, 0.05) is 38.8 Å². The standard InChI is InChI=1S/C15H13N3O2S.C14H16N2O3S.C13H9N3O2S.C9H8N2S.C3H4O2.Li.2H2O/c1-2-20-14(19)12-8-16-10-18(12)15-17-9-13(21-15)11-6-4-3-5-7-11;1-3-19-13(17)12(18-2)16-14-15-9-11(20-14)10-7-5-4-6-8-10;17-12(18)10-6-14-8-16(10)13-15-7-11(19-13)9-4-2-1-3-5-9;10-9-11-6-8(12-9)7-4-2-1-3-5-7;1-3(5)2-4;;;/h3-10H,2H2,1H3;4-9,12H,3H2,1-2H3,(H,15,16);1-8H,(H,17,18);1-6H,(H2,10,11);2H,1H3;;2*1H2/q;;;;;+1;;/p-1. The summed E-state index contributed by atoms with van der Waals surface area (Å²) in [5.41, 5.74) is 10.4. The van der Waals surface area contributed by atoms with Gasteiger partial charge in [0.05, 0.1) is 45.1 Å². The van der Waals surface area contributed by atoms with E-state index in [1.54, 1.807) is 49.5 Å². The van der Waals surface area contributed by atoms with E-state index in [0.29, 0.717) is 39.4 Å². The second-order valence-electron chi connectivity index (χ2n) is 15.1. The summed E-state index contributed by atoms with van der Waals surface area (Å²) in [4.78, 5) is 82.0. The number of anilines is 2. The Morgan fingerprint density at radius 2 is 1.00 bits per heavy atom. The van der Waals surface area contributed by atoms with Gasteiger partial charge in [0.15, 0.2) is 44.0 Å². The van der Waals surface area contributed by atoms with Gasteiger partial charge >= 0.3 is 36.8 Å². The maximum Gasteiger partial charge on any atom is 1.00 e. The molecule has 10 aromatic rings. The van der Waals surface area contributed by atoms with Gasteiger partial charge in [0.25, 0.3) is 0 Å². The topological polar surface area (TPSA) is 320 Å². The molecule has 410 valence electrons. The van der Waals surface area contributed by atoms with E-state index in [9.17, 15) is 19.2 Å². The Kier molecular flexibility index (Phi) is 28.4. The summed E-state index contributed by atoms with van der Waals surface area (Å²) >= 11 is 5.88. The number of thiazole rings is 4. The van der Waals surface area contributed by atoms with Crippen LogP contribution in [0.5, 0.6) is 0 Å². The Balaban J connectivity index is 0.000000272. The number of ether oxygens (including phenoxy) is 3. The Labute approximate surface area is 487 Å². The van der Waals surface area contributed by atoms with Gasteiger partial charge in [-0.25, -0.2) is 44.3 Å². The molecule has 0 aliphatic rings. The molecule has 0 fully saturated rings. The third kappa shape index (κ3) is 19.5. The van der Waals surface area contributed by atoms with E-state index in [-0.39, 0.29) is 41.8 Å². The molecule has 0 spiro atoms. The number of carboxylic acid groups (broad SMARTS) is 1. The van der Waals surface area contributed by atoms with Crippen molar-refractivity contribution in [3.8, 4) is 52.0 Å². The minimum atomic E-state index is -1.02. The summed E-state index contributed by atoms with van der Waals surface area (Å²) in [6.45, 7) is 5.38. The molecule has 7 N–H and O–H groups in total. The molecule has 0 amide bonds. The monoisotopic (exact) mass is 1150 g/mol. The van der Waals surface area contributed by atoms with Gasteiger partial charge < -0.3 is 41.3 Å². The number of carbonyl (C=O) groups is 5. The average Bonchev–Trinajstić information content (AvgIpc) is 4.38. The molecule has 6 aromatic heterocycles. The van der Waals surface area contributed by atoms with Crippen LogP contribution in [0.25, 0.3) is 52.0 Å². The van der Waals surface area contributed by atoms with E-state index in [1.807, 2.05) is 121 Å². The molecule has 0 radical (unpaired) electrons. The van der Waals surface area contributed by atoms with Gasteiger partial charge in [-0.15, -0.1) is 0 Å². The molecular formula is C54H53LiN10O11S4. The third-order valence-corrected chi connectivity index (χ3v) is 13.7. The number of aldehydes is 1. The van der Waals surface area contributed by atoms with Gasteiger partial charge in [0.1, 0.15) is 12.7 Å². The summed E-state index contributed by atoms with van der Waals surface area (Å²) < 4.78 is 18.1. The van der Waals surface area contributed by atoms with E-state index < -0.39 is 29.9 Å². The molecule has 1 unspecified atom stereocenters. The first kappa shape index (κ1) is 65.9. The van der Waals surface area contributed by atoms with Crippen molar-refractivity contribution < 1.29 is 73.1 Å². The van der Waals surface area contributed by atoms with Gasteiger partial charge in [-0.3, -0.25) is 18.7 Å². The molecule has 0 aliphatic carbocycles. The van der Waals surface area contributed by atoms with Crippen LogP contribution in [-0.2, 0) is 28.6 Å². The van der Waals surface area contributed by atoms with Crippen LogP contribution in [0.3, 0.4) is 0 Å². The van der Waals surface area contributed by atoms with Crippen LogP contribution in [0, 0.1) is 0 Å². The molecule has 21 nitrogen and oxygen atoms in total. The van der Waals surface area contributed by atoms with Crippen LogP contribution in [0.1, 0.15) is 41.7 Å². The fourth-order valence-electron chi connectivity index (χ4n) is 6.28. The molecule has 6 heterocycles. The quantitative estimate of drug-likeness (QED) is 0.0312. The predicted molar refractivity (Wildman–Crippen MR) is 305 cm³/mol. The number of imidazole rings is 2. The fourth-order valence-corrected chi connectivity index (χ4v) is 9.62. The number of nitrogens with one attached hydrogen (secondary N) is 1. The Hall–Kier alpha value is -8.35. The number of carbonyl (C=O) groups excluding carboxylic acids is 4. The Morgan fingerprint density at radius 1 is 0.613 bits per heavy atom. The number of aromatic carboxylic acids is 1. The largest absolute Gasteiger partial charge is 1.00 e. The van der Waals surface area contributed by atoms with Crippen molar-refractivity contribution in [1.82, 2.24) is 39.0 Å². The summed E-state index contributed by atoms with van der Waals surface area (Å²) in [6.07, 6.45) is 12.4. The van der Waals surface area contributed by atoms with Crippen molar-refractivity contribution in [2.45, 2.75) is 27.0 Å². The number of rotatable bonds is 15. The average molecular weight is 1150 g/mol. The maximum atomic E-state index is 11.9. The fraction of sp³-hybridized carbons (Fsp3) is 0.130. The minimum Gasteiger partial charge on any atom is -0.870 e. The van der Waals surface area contributed by atoms with Crippen LogP contribution in [0.4, 0.5) is 10.3 Å². The van der Waals surface area contributed by atoms with E-state index in [2.05, 4.69) is 35.2 Å². The third-order valence-electron chi connectivity index (χ3n) is 9.80. The van der Waals surface area contributed by atoms with Crippen LogP contribution in [0.2, 0.25) is 0 Å². The zero-order valence-electron chi connectivity index (χ0n) is 43.7. The number of methoxy groups -OCH3 is 1. The van der Waals surface area contributed by atoms with E-state index >= 15 is 0 Å². The number of esters is 2. The molecule has 4 aromatic carbocycles. The number of hydrogen-bond acceptors (Lipinski definition) is 21. The number of nitrogen functional groups attached to an aromatic ring is 1. The van der Waals surface area contributed by atoms with Gasteiger partial charge in [-0.05, 0) is 36.1 Å². The summed E-state index contributed by atoms with van der Waals surface area (Å²) in [5, 5.41) is 14.5. The number of nitrogens with two attached hydrogens (primary N) is 1. The number of Topliss-reactive ketones (excluding diaryl/α,β-unsaturated/α-hetero) is 1. The van der Waals surface area contributed by atoms with Gasteiger partial charge in [-0.1, -0.05) is 167 Å². The SMILES string of the molecule is CC(=O)C=O.CCOC(=O)C(Nc1ncc(-c2ccccc2)s1)OC.CCOC(=O)c1cncn1-c1ncc(-c2ccccc2)s1.Nc1ncc(-c2ccccc2)s1.O.O=C(O)c1cncn1-c1ncc(-c2ccccc2)s1.[Li+].[OH-]. The normalized spacial score (nSPS) is 10.2. The van der Waals surface area contributed by atoms with Crippen molar-refractivity contribution in [3.63, 3.8) is 0 Å². The smallest absolute Gasteiger partial charge is 0.870 e. The Bertz CT molecular complexity index is 3430. The van der Waals surface area contributed by atoms with E-state index in [0.717, 1.165) is 36.2 Å². The molecule has 1 atom stereocenters. The summed E-state index contributed by atoms with van der Waals surface area (Å²) in [5.74, 6) is -2.29. The van der Waals surface area contributed by atoms with Crippen molar-refractivity contribution >= 4 is 85.6 Å². The zero-order valence-corrected chi connectivity index (χ0v) is 46.9. The molecule has 80 heavy (non-hydrogen) atoms.